The number of nitrogens with zero attached hydrogens (tertiary/aromatic N) is 1. The summed E-state index contributed by atoms with van der Waals surface area (Å²) in [7, 11) is 3.07. The van der Waals surface area contributed by atoms with Gasteiger partial charge in [-0.05, 0) is 43.3 Å². The number of anilines is 2. The number of phenolic OH excluding ortho intramolecular Hbond substituents is 1. The molecule has 0 unspecified atom stereocenters. The van der Waals surface area contributed by atoms with Gasteiger partial charge in [0, 0.05) is 24.5 Å². The van der Waals surface area contributed by atoms with Crippen molar-refractivity contribution in [2.75, 3.05) is 31.0 Å². The molecule has 132 valence electrons. The standard InChI is InChI=1S/C18H20N2O5/c1-4-25-18(23)20(2)13-7-5-12(6-8-13)19-17(22)15-10-9-14(24-3)11-16(15)21/h5-11,21H,4H2,1-3H3,(H,19,22). The lowest BCUT2D eigenvalue weighted by Crippen LogP contribution is -2.26. The number of phenols is 1. The molecule has 0 saturated carbocycles. The van der Waals surface area contributed by atoms with Gasteiger partial charge in [0.15, 0.2) is 0 Å². The number of carbonyl (C=O) groups excluding carboxylic acids is 2. The molecular weight excluding hydrogens is 324 g/mol. The van der Waals surface area contributed by atoms with Crippen molar-refractivity contribution in [3.05, 3.63) is 48.0 Å². The van der Waals surface area contributed by atoms with E-state index in [2.05, 4.69) is 5.32 Å². The van der Waals surface area contributed by atoms with Gasteiger partial charge in [0.25, 0.3) is 5.91 Å². The van der Waals surface area contributed by atoms with Gasteiger partial charge in [0.05, 0.1) is 19.3 Å². The topological polar surface area (TPSA) is 88.1 Å². The van der Waals surface area contributed by atoms with E-state index in [1.807, 2.05) is 0 Å². The summed E-state index contributed by atoms with van der Waals surface area (Å²) in [5.41, 5.74) is 1.29. The predicted molar refractivity (Wildman–Crippen MR) is 94.5 cm³/mol. The van der Waals surface area contributed by atoms with Crippen molar-refractivity contribution in [1.82, 2.24) is 0 Å². The average molecular weight is 344 g/mol. The van der Waals surface area contributed by atoms with Crippen molar-refractivity contribution in [2.45, 2.75) is 6.92 Å². The van der Waals surface area contributed by atoms with Crippen molar-refractivity contribution in [2.24, 2.45) is 0 Å². The van der Waals surface area contributed by atoms with Crippen LogP contribution < -0.4 is 15.0 Å². The number of nitrogens with one attached hydrogen (secondary N) is 1. The maximum Gasteiger partial charge on any atom is 0.413 e. The van der Waals surface area contributed by atoms with E-state index in [1.54, 1.807) is 44.3 Å². The van der Waals surface area contributed by atoms with Gasteiger partial charge in [-0.2, -0.15) is 0 Å². The molecule has 0 spiro atoms. The molecule has 0 aliphatic rings. The normalized spacial score (nSPS) is 10.0. The highest BCUT2D eigenvalue weighted by atomic mass is 16.6. The zero-order valence-corrected chi connectivity index (χ0v) is 14.3. The van der Waals surface area contributed by atoms with Crippen LogP contribution in [0, 0.1) is 0 Å². The summed E-state index contributed by atoms with van der Waals surface area (Å²) < 4.78 is 9.91. The van der Waals surface area contributed by atoms with Crippen LogP contribution in [0.5, 0.6) is 11.5 Å². The van der Waals surface area contributed by atoms with E-state index in [0.29, 0.717) is 23.7 Å². The number of benzene rings is 2. The Morgan fingerprint density at radius 1 is 1.16 bits per heavy atom. The first kappa shape index (κ1) is 18.1. The first-order valence-corrected chi connectivity index (χ1v) is 7.65. The third-order valence-electron chi connectivity index (χ3n) is 3.50. The van der Waals surface area contributed by atoms with Crippen LogP contribution in [0.25, 0.3) is 0 Å². The van der Waals surface area contributed by atoms with E-state index in [4.69, 9.17) is 9.47 Å². The summed E-state index contributed by atoms with van der Waals surface area (Å²) in [5.74, 6) is -0.164. The van der Waals surface area contributed by atoms with Crippen LogP contribution in [0.3, 0.4) is 0 Å². The quantitative estimate of drug-likeness (QED) is 0.869. The van der Waals surface area contributed by atoms with Crippen LogP contribution in [0.4, 0.5) is 16.2 Å². The van der Waals surface area contributed by atoms with Crippen molar-refractivity contribution in [3.63, 3.8) is 0 Å². The largest absolute Gasteiger partial charge is 0.507 e. The zero-order chi connectivity index (χ0) is 18.4. The first-order valence-electron chi connectivity index (χ1n) is 7.65. The highest BCUT2D eigenvalue weighted by molar-refractivity contribution is 6.06. The van der Waals surface area contributed by atoms with Gasteiger partial charge in [-0.25, -0.2) is 4.79 Å². The lowest BCUT2D eigenvalue weighted by Gasteiger charge is -2.17. The number of methoxy groups -OCH3 is 1. The van der Waals surface area contributed by atoms with Gasteiger partial charge in [-0.1, -0.05) is 0 Å². The summed E-state index contributed by atoms with van der Waals surface area (Å²) in [4.78, 5) is 25.3. The SMILES string of the molecule is CCOC(=O)N(C)c1ccc(NC(=O)c2ccc(OC)cc2O)cc1. The molecule has 0 aromatic heterocycles. The smallest absolute Gasteiger partial charge is 0.413 e. The fourth-order valence-corrected chi connectivity index (χ4v) is 2.12. The van der Waals surface area contributed by atoms with E-state index >= 15 is 0 Å². The zero-order valence-electron chi connectivity index (χ0n) is 14.3. The first-order chi connectivity index (χ1) is 12.0. The Hall–Kier alpha value is -3.22. The van der Waals surface area contributed by atoms with Crippen LogP contribution in [-0.2, 0) is 4.74 Å². The Labute approximate surface area is 145 Å². The number of hydrogen-bond donors (Lipinski definition) is 2. The number of amides is 2. The Kier molecular flexibility index (Phi) is 5.84. The van der Waals surface area contributed by atoms with E-state index in [9.17, 15) is 14.7 Å². The summed E-state index contributed by atoms with van der Waals surface area (Å²) >= 11 is 0. The van der Waals surface area contributed by atoms with Crippen molar-refractivity contribution >= 4 is 23.4 Å². The molecule has 0 heterocycles. The summed E-state index contributed by atoms with van der Waals surface area (Å²) in [5, 5.41) is 12.6. The molecule has 0 atom stereocenters. The minimum absolute atomic E-state index is 0.133. The second-order valence-corrected chi connectivity index (χ2v) is 5.14. The fourth-order valence-electron chi connectivity index (χ4n) is 2.12. The van der Waals surface area contributed by atoms with E-state index in [-0.39, 0.29) is 11.3 Å². The lowest BCUT2D eigenvalue weighted by molar-refractivity contribution is 0.102. The second kappa shape index (κ2) is 8.05. The second-order valence-electron chi connectivity index (χ2n) is 5.14. The summed E-state index contributed by atoms with van der Waals surface area (Å²) in [6, 6.07) is 11.1. The minimum Gasteiger partial charge on any atom is -0.507 e. The molecule has 2 aromatic carbocycles. The molecule has 0 radical (unpaired) electrons. The van der Waals surface area contributed by atoms with Gasteiger partial charge in [0.1, 0.15) is 11.5 Å². The molecule has 0 bridgehead atoms. The average Bonchev–Trinajstić information content (AvgIpc) is 2.61. The minimum atomic E-state index is -0.456. The van der Waals surface area contributed by atoms with Crippen LogP contribution in [0.2, 0.25) is 0 Å². The van der Waals surface area contributed by atoms with Gasteiger partial charge >= 0.3 is 6.09 Å². The van der Waals surface area contributed by atoms with Gasteiger partial charge in [-0.15, -0.1) is 0 Å². The van der Waals surface area contributed by atoms with E-state index in [1.165, 1.54) is 24.1 Å². The summed E-state index contributed by atoms with van der Waals surface area (Å²) in [6.07, 6.45) is -0.456. The van der Waals surface area contributed by atoms with Crippen LogP contribution in [0.1, 0.15) is 17.3 Å². The van der Waals surface area contributed by atoms with Crippen molar-refractivity contribution < 1.29 is 24.2 Å². The van der Waals surface area contributed by atoms with Crippen molar-refractivity contribution in [1.29, 1.82) is 0 Å². The molecule has 7 heteroatoms. The van der Waals surface area contributed by atoms with E-state index in [0.717, 1.165) is 0 Å². The van der Waals surface area contributed by atoms with Crippen molar-refractivity contribution in [3.8, 4) is 11.5 Å². The Morgan fingerprint density at radius 2 is 1.84 bits per heavy atom. The number of hydrogen-bond acceptors (Lipinski definition) is 5. The van der Waals surface area contributed by atoms with Gasteiger partial charge in [-0.3, -0.25) is 9.69 Å². The number of aromatic hydroxyl groups is 1. The molecule has 0 aliphatic carbocycles. The molecule has 25 heavy (non-hydrogen) atoms. The maximum absolute atomic E-state index is 12.3. The Bertz CT molecular complexity index is 759. The lowest BCUT2D eigenvalue weighted by atomic mass is 10.1. The van der Waals surface area contributed by atoms with Crippen LogP contribution >= 0.6 is 0 Å². The molecular formula is C18H20N2O5. The molecule has 2 rings (SSSR count). The predicted octanol–water partition coefficient (Wildman–Crippen LogP) is 3.25. The van der Waals surface area contributed by atoms with Crippen LogP contribution in [-0.4, -0.2) is 37.9 Å². The molecule has 0 aliphatic heterocycles. The monoisotopic (exact) mass is 344 g/mol. The fraction of sp³-hybridized carbons (Fsp3) is 0.222. The molecule has 0 saturated heterocycles. The highest BCUT2D eigenvalue weighted by Gasteiger charge is 2.14. The summed E-state index contributed by atoms with van der Waals surface area (Å²) in [6.45, 7) is 2.03. The highest BCUT2D eigenvalue weighted by Crippen LogP contribution is 2.25. The number of rotatable bonds is 5. The maximum atomic E-state index is 12.3. The Morgan fingerprint density at radius 3 is 2.40 bits per heavy atom. The number of carbonyl (C=O) groups is 2. The van der Waals surface area contributed by atoms with Crippen LogP contribution in [0.15, 0.2) is 42.5 Å². The molecule has 2 N–H and O–H groups in total. The third kappa shape index (κ3) is 4.41. The van der Waals surface area contributed by atoms with E-state index < -0.39 is 12.0 Å². The Balaban J connectivity index is 2.08. The number of ether oxygens (including phenoxy) is 2. The van der Waals surface area contributed by atoms with Gasteiger partial charge < -0.3 is 19.9 Å². The molecule has 0 fully saturated rings. The molecule has 7 nitrogen and oxygen atoms in total. The van der Waals surface area contributed by atoms with Gasteiger partial charge in [0.2, 0.25) is 0 Å². The molecule has 2 amide bonds. The third-order valence-corrected chi connectivity index (χ3v) is 3.50. The molecule has 2 aromatic rings.